The lowest BCUT2D eigenvalue weighted by Crippen LogP contribution is -2.46. The molecule has 0 aliphatic carbocycles. The maximum absolute atomic E-state index is 13.7. The van der Waals surface area contributed by atoms with Gasteiger partial charge in [-0.15, -0.1) is 0 Å². The van der Waals surface area contributed by atoms with E-state index in [1.807, 2.05) is 12.1 Å². The summed E-state index contributed by atoms with van der Waals surface area (Å²) >= 11 is 0. The number of aldehydes is 1. The molecule has 0 radical (unpaired) electrons. The van der Waals surface area contributed by atoms with E-state index in [0.29, 0.717) is 24.5 Å². The number of halogens is 1. The van der Waals surface area contributed by atoms with Crippen LogP contribution in [0.3, 0.4) is 0 Å². The van der Waals surface area contributed by atoms with Crippen LogP contribution >= 0.6 is 0 Å². The van der Waals surface area contributed by atoms with Crippen molar-refractivity contribution in [2.45, 2.75) is 64.3 Å². The number of nitrogens with zero attached hydrogens (tertiary/aromatic N) is 2. The number of hydrogen-bond donors (Lipinski definition) is 1. The van der Waals surface area contributed by atoms with Gasteiger partial charge in [0.25, 0.3) is 5.91 Å². The van der Waals surface area contributed by atoms with Gasteiger partial charge in [-0.3, -0.25) is 9.59 Å². The molecule has 4 rings (SSSR count). The number of carbonyl (C=O) groups is 3. The van der Waals surface area contributed by atoms with E-state index in [1.165, 1.54) is 18.0 Å². The molecule has 210 valence electrons. The summed E-state index contributed by atoms with van der Waals surface area (Å²) in [7, 11) is 1.53. The fraction of sp³-hybridized carbons (Fsp3) is 0.500. The Hall–Kier alpha value is -3.30. The molecular weight excluding hydrogens is 501 g/mol. The molecule has 2 amide bonds. The van der Waals surface area contributed by atoms with Gasteiger partial charge in [0, 0.05) is 31.1 Å². The van der Waals surface area contributed by atoms with Crippen LogP contribution in [0.1, 0.15) is 72.2 Å². The Balaban J connectivity index is 1.24. The summed E-state index contributed by atoms with van der Waals surface area (Å²) in [4.78, 5) is 40.3. The topological polar surface area (TPSA) is 88.2 Å². The van der Waals surface area contributed by atoms with Gasteiger partial charge < -0.3 is 29.4 Å². The van der Waals surface area contributed by atoms with Crippen molar-refractivity contribution in [1.82, 2.24) is 15.1 Å². The lowest BCUT2D eigenvalue weighted by molar-refractivity contribution is -0.125. The van der Waals surface area contributed by atoms with Gasteiger partial charge in [-0.1, -0.05) is 19.1 Å². The van der Waals surface area contributed by atoms with Crippen molar-refractivity contribution < 1.29 is 28.2 Å². The smallest absolute Gasteiger partial charge is 0.255 e. The third-order valence-corrected chi connectivity index (χ3v) is 7.61. The highest BCUT2D eigenvalue weighted by molar-refractivity contribution is 6.01. The fourth-order valence-corrected chi connectivity index (χ4v) is 5.40. The number of amides is 2. The van der Waals surface area contributed by atoms with Crippen LogP contribution in [0.2, 0.25) is 0 Å². The van der Waals surface area contributed by atoms with E-state index in [1.54, 1.807) is 18.2 Å². The average molecular weight is 540 g/mol. The van der Waals surface area contributed by atoms with Gasteiger partial charge in [0.15, 0.2) is 0 Å². The Kier molecular flexibility index (Phi) is 10.1. The van der Waals surface area contributed by atoms with E-state index >= 15 is 0 Å². The van der Waals surface area contributed by atoms with Crippen molar-refractivity contribution in [1.29, 1.82) is 0 Å². The maximum Gasteiger partial charge on any atom is 0.255 e. The maximum atomic E-state index is 13.7. The second-order valence-corrected chi connectivity index (χ2v) is 10.0. The summed E-state index contributed by atoms with van der Waals surface area (Å²) in [5.41, 5.74) is 3.37. The quantitative estimate of drug-likeness (QED) is 0.272. The number of benzene rings is 2. The van der Waals surface area contributed by atoms with Gasteiger partial charge in [-0.05, 0) is 74.2 Å². The molecule has 8 nitrogen and oxygen atoms in total. The number of hydrogen-bond acceptors (Lipinski definition) is 6. The Morgan fingerprint density at radius 3 is 2.90 bits per heavy atom. The van der Waals surface area contributed by atoms with Crippen molar-refractivity contribution in [2.75, 3.05) is 33.3 Å². The third kappa shape index (κ3) is 6.83. The largest absolute Gasteiger partial charge is 0.493 e. The molecule has 2 atom stereocenters. The van der Waals surface area contributed by atoms with Gasteiger partial charge in [-0.2, -0.15) is 0 Å². The van der Waals surface area contributed by atoms with Gasteiger partial charge in [0.05, 0.1) is 25.9 Å². The number of unbranched alkanes of at least 4 members (excludes halogenated alkanes) is 1. The van der Waals surface area contributed by atoms with Crippen molar-refractivity contribution >= 4 is 18.1 Å². The summed E-state index contributed by atoms with van der Waals surface area (Å²) in [6, 6.07) is 9.60. The number of carbonyl (C=O) groups excluding carboxylic acids is 3. The van der Waals surface area contributed by atoms with E-state index in [0.717, 1.165) is 61.9 Å². The summed E-state index contributed by atoms with van der Waals surface area (Å²) in [6.45, 7) is 6.19. The summed E-state index contributed by atoms with van der Waals surface area (Å²) < 4.78 is 25.7. The Bertz CT molecular complexity index is 1170. The second kappa shape index (κ2) is 13.7. The molecule has 0 fully saturated rings. The first-order chi connectivity index (χ1) is 19.0. The van der Waals surface area contributed by atoms with E-state index in [4.69, 9.17) is 9.47 Å². The fourth-order valence-electron chi connectivity index (χ4n) is 5.40. The molecule has 9 heteroatoms. The van der Waals surface area contributed by atoms with Crippen LogP contribution in [-0.4, -0.2) is 67.2 Å². The van der Waals surface area contributed by atoms with Crippen LogP contribution in [0.4, 0.5) is 4.39 Å². The highest BCUT2D eigenvalue weighted by Gasteiger charge is 2.37. The minimum atomic E-state index is -0.699. The number of ether oxygens (including phenoxy) is 2. The van der Waals surface area contributed by atoms with Crippen LogP contribution in [0.5, 0.6) is 5.75 Å². The van der Waals surface area contributed by atoms with E-state index in [-0.39, 0.29) is 43.1 Å². The van der Waals surface area contributed by atoms with E-state index in [2.05, 4.69) is 17.1 Å². The minimum absolute atomic E-state index is 0.0584. The zero-order valence-corrected chi connectivity index (χ0v) is 22.8. The molecule has 0 bridgehead atoms. The third-order valence-electron chi connectivity index (χ3n) is 7.61. The SMILES string of the molecule is CCN(CCCCOc1cccc2c1CN(C(CCC=O)C(=O)NC)C2=O)CC[C@H]1OCc2ccc(F)cc21. The minimum Gasteiger partial charge on any atom is -0.493 e. The molecule has 2 aromatic rings. The van der Waals surface area contributed by atoms with Crippen LogP contribution in [-0.2, 0) is 27.5 Å². The molecule has 1 unspecified atom stereocenters. The lowest BCUT2D eigenvalue weighted by atomic mass is 10.0. The first-order valence-electron chi connectivity index (χ1n) is 13.8. The Morgan fingerprint density at radius 2 is 2.13 bits per heavy atom. The van der Waals surface area contributed by atoms with Crippen LogP contribution < -0.4 is 10.1 Å². The molecule has 0 saturated heterocycles. The van der Waals surface area contributed by atoms with Gasteiger partial charge in [-0.25, -0.2) is 4.39 Å². The van der Waals surface area contributed by atoms with Gasteiger partial charge in [0.2, 0.25) is 5.91 Å². The average Bonchev–Trinajstić information content (AvgIpc) is 3.51. The summed E-state index contributed by atoms with van der Waals surface area (Å²) in [5.74, 6) is -0.0603. The summed E-state index contributed by atoms with van der Waals surface area (Å²) in [5, 5.41) is 2.60. The Morgan fingerprint density at radius 1 is 1.28 bits per heavy atom. The number of rotatable bonds is 15. The zero-order chi connectivity index (χ0) is 27.8. The lowest BCUT2D eigenvalue weighted by Gasteiger charge is -2.25. The molecule has 39 heavy (non-hydrogen) atoms. The number of nitrogens with one attached hydrogen (secondary N) is 1. The predicted octanol–water partition coefficient (Wildman–Crippen LogP) is 4.02. The second-order valence-electron chi connectivity index (χ2n) is 10.0. The standard InChI is InChI=1S/C30H38FN3O5/c1-3-33(15-13-28-24-18-22(31)12-11-21(24)20-39-28)14-4-5-17-38-27-10-6-8-23-25(27)19-34(30(23)37)26(9-7-16-35)29(36)32-2/h6,8,10-12,16,18,26,28H,3-5,7,9,13-15,17,19-20H2,1-2H3,(H,32,36)/t26?,28-/m1/s1. The van der Waals surface area contributed by atoms with Crippen molar-refractivity contribution in [2.24, 2.45) is 0 Å². The molecule has 0 aromatic heterocycles. The van der Waals surface area contributed by atoms with Gasteiger partial charge >= 0.3 is 0 Å². The number of likely N-dealkylation sites (N-methyl/N-ethyl adjacent to an activating group) is 1. The predicted molar refractivity (Wildman–Crippen MR) is 145 cm³/mol. The molecule has 2 heterocycles. The highest BCUT2D eigenvalue weighted by Crippen LogP contribution is 2.34. The van der Waals surface area contributed by atoms with Crippen molar-refractivity contribution in [3.63, 3.8) is 0 Å². The molecule has 0 saturated carbocycles. The van der Waals surface area contributed by atoms with E-state index < -0.39 is 6.04 Å². The van der Waals surface area contributed by atoms with Crippen molar-refractivity contribution in [3.8, 4) is 5.75 Å². The normalized spacial score (nSPS) is 16.8. The molecule has 0 spiro atoms. The first kappa shape index (κ1) is 28.7. The van der Waals surface area contributed by atoms with Crippen LogP contribution in [0.15, 0.2) is 36.4 Å². The van der Waals surface area contributed by atoms with Crippen LogP contribution in [0, 0.1) is 5.82 Å². The molecule has 2 aromatic carbocycles. The van der Waals surface area contributed by atoms with Gasteiger partial charge in [0.1, 0.15) is 23.9 Å². The zero-order valence-electron chi connectivity index (χ0n) is 22.8. The highest BCUT2D eigenvalue weighted by atomic mass is 19.1. The Labute approximate surface area is 229 Å². The molecule has 2 aliphatic heterocycles. The number of fused-ring (bicyclic) bond motifs is 2. The first-order valence-corrected chi connectivity index (χ1v) is 13.8. The summed E-state index contributed by atoms with van der Waals surface area (Å²) in [6.07, 6.45) is 3.82. The monoisotopic (exact) mass is 539 g/mol. The van der Waals surface area contributed by atoms with Crippen molar-refractivity contribution in [3.05, 3.63) is 64.5 Å². The van der Waals surface area contributed by atoms with Crippen LogP contribution in [0.25, 0.3) is 0 Å². The van der Waals surface area contributed by atoms with E-state index in [9.17, 15) is 18.8 Å². The molecular formula is C30H38FN3O5. The molecule has 1 N–H and O–H groups in total. The molecule has 2 aliphatic rings.